The molecule has 5 nitrogen and oxygen atoms in total. The summed E-state index contributed by atoms with van der Waals surface area (Å²) < 4.78 is 26.2. The molecule has 2 N–H and O–H groups in total. The lowest BCUT2D eigenvalue weighted by Gasteiger charge is -2.23. The van der Waals surface area contributed by atoms with Crippen LogP contribution in [0.3, 0.4) is 0 Å². The molecule has 1 atom stereocenters. The first-order chi connectivity index (χ1) is 12.9. The van der Waals surface area contributed by atoms with Crippen molar-refractivity contribution in [3.05, 3.63) is 69.9 Å². The van der Waals surface area contributed by atoms with E-state index in [0.717, 1.165) is 16.0 Å². The number of phenolic OH excluding ortho intramolecular Hbond substituents is 1. The highest BCUT2D eigenvalue weighted by Crippen LogP contribution is 2.45. The normalized spacial score (nSPS) is 16.6. The van der Waals surface area contributed by atoms with Crippen LogP contribution in [0.15, 0.2) is 63.7 Å². The SMILES string of the molecule is Cc1ccc(S(=O)(=O)c2csc3c2NC(=O)C[C@H]3c2ccc(O)cc2)cc1. The minimum atomic E-state index is -3.73. The summed E-state index contributed by atoms with van der Waals surface area (Å²) in [5.74, 6) is -0.311. The van der Waals surface area contributed by atoms with E-state index >= 15 is 0 Å². The Morgan fingerprint density at radius 2 is 1.74 bits per heavy atom. The fourth-order valence-electron chi connectivity index (χ4n) is 3.22. The highest BCUT2D eigenvalue weighted by molar-refractivity contribution is 7.91. The topological polar surface area (TPSA) is 83.5 Å². The maximum Gasteiger partial charge on any atom is 0.225 e. The largest absolute Gasteiger partial charge is 0.508 e. The summed E-state index contributed by atoms with van der Waals surface area (Å²) >= 11 is 1.33. The number of aryl methyl sites for hydroxylation is 1. The minimum Gasteiger partial charge on any atom is -0.508 e. The van der Waals surface area contributed by atoms with Gasteiger partial charge in [-0.1, -0.05) is 29.8 Å². The summed E-state index contributed by atoms with van der Waals surface area (Å²) in [5, 5.41) is 13.8. The number of carbonyl (C=O) groups is 1. The third-order valence-corrected chi connectivity index (χ3v) is 7.71. The van der Waals surface area contributed by atoms with Crippen molar-refractivity contribution >= 4 is 32.8 Å². The van der Waals surface area contributed by atoms with Gasteiger partial charge in [-0.25, -0.2) is 8.42 Å². The number of hydrogen-bond donors (Lipinski definition) is 2. The molecule has 0 aliphatic carbocycles. The van der Waals surface area contributed by atoms with E-state index in [1.807, 2.05) is 6.92 Å². The molecule has 1 aliphatic rings. The molecule has 0 unspecified atom stereocenters. The molecule has 1 aromatic heterocycles. The predicted octanol–water partition coefficient (Wildman–Crippen LogP) is 4.07. The van der Waals surface area contributed by atoms with Gasteiger partial charge in [0.05, 0.1) is 10.6 Å². The van der Waals surface area contributed by atoms with Crippen molar-refractivity contribution in [2.75, 3.05) is 5.32 Å². The number of carbonyl (C=O) groups excluding carboxylic acids is 1. The minimum absolute atomic E-state index is 0.128. The Balaban J connectivity index is 1.82. The van der Waals surface area contributed by atoms with Gasteiger partial charge in [0.1, 0.15) is 10.6 Å². The van der Waals surface area contributed by atoms with E-state index in [1.165, 1.54) is 11.3 Å². The van der Waals surface area contributed by atoms with E-state index in [1.54, 1.807) is 53.9 Å². The second kappa shape index (κ2) is 6.51. The molecule has 2 heterocycles. The van der Waals surface area contributed by atoms with Crippen LogP contribution in [0.4, 0.5) is 5.69 Å². The second-order valence-electron chi connectivity index (χ2n) is 6.55. The van der Waals surface area contributed by atoms with Gasteiger partial charge in [0.25, 0.3) is 0 Å². The average Bonchev–Trinajstić information content (AvgIpc) is 3.06. The number of anilines is 1. The van der Waals surface area contributed by atoms with Crippen LogP contribution in [-0.2, 0) is 14.6 Å². The molecule has 0 radical (unpaired) electrons. The fraction of sp³-hybridized carbons (Fsp3) is 0.150. The molecule has 2 aromatic carbocycles. The fourth-order valence-corrected chi connectivity index (χ4v) is 6.13. The molecule has 3 aromatic rings. The number of nitrogens with one attached hydrogen (secondary N) is 1. The summed E-state index contributed by atoms with van der Waals surface area (Å²) in [5.41, 5.74) is 2.21. The molecule has 1 aliphatic heterocycles. The van der Waals surface area contributed by atoms with Gasteiger partial charge in [-0.05, 0) is 36.8 Å². The van der Waals surface area contributed by atoms with E-state index < -0.39 is 9.84 Å². The third-order valence-electron chi connectivity index (χ3n) is 4.67. The summed E-state index contributed by atoms with van der Waals surface area (Å²) in [6, 6.07) is 13.3. The molecular formula is C20H17NO4S2. The molecule has 1 amide bonds. The van der Waals surface area contributed by atoms with Crippen LogP contribution in [0.5, 0.6) is 5.75 Å². The van der Waals surface area contributed by atoms with Crippen LogP contribution in [0.1, 0.15) is 28.3 Å². The van der Waals surface area contributed by atoms with Gasteiger partial charge in [0.2, 0.25) is 15.7 Å². The van der Waals surface area contributed by atoms with Crippen LogP contribution in [0.25, 0.3) is 0 Å². The van der Waals surface area contributed by atoms with Gasteiger partial charge in [-0.15, -0.1) is 11.3 Å². The molecule has 7 heteroatoms. The van der Waals surface area contributed by atoms with Gasteiger partial charge in [-0.2, -0.15) is 0 Å². The monoisotopic (exact) mass is 399 g/mol. The lowest BCUT2D eigenvalue weighted by Crippen LogP contribution is -2.23. The van der Waals surface area contributed by atoms with Gasteiger partial charge in [0, 0.05) is 22.6 Å². The van der Waals surface area contributed by atoms with Crippen molar-refractivity contribution in [1.29, 1.82) is 0 Å². The number of amides is 1. The maximum atomic E-state index is 13.1. The van der Waals surface area contributed by atoms with Crippen molar-refractivity contribution < 1.29 is 18.3 Å². The van der Waals surface area contributed by atoms with Gasteiger partial charge in [0.15, 0.2) is 0 Å². The Labute approximate surface area is 161 Å². The van der Waals surface area contributed by atoms with Crippen molar-refractivity contribution in [3.8, 4) is 5.75 Å². The standard InChI is InChI=1S/C20H17NO4S2/c1-12-2-8-15(9-3-12)27(24,25)17-11-26-20-16(10-18(23)21-19(17)20)13-4-6-14(22)7-5-13/h2-9,11,16,22H,10H2,1H3,(H,21,23)/t16-/m0/s1. The summed E-state index contributed by atoms with van der Waals surface area (Å²) in [4.78, 5) is 13.4. The molecule has 0 saturated carbocycles. The number of fused-ring (bicyclic) bond motifs is 1. The number of aromatic hydroxyl groups is 1. The van der Waals surface area contributed by atoms with Crippen molar-refractivity contribution in [2.24, 2.45) is 0 Å². The number of phenols is 1. The van der Waals surface area contributed by atoms with Crippen LogP contribution >= 0.6 is 11.3 Å². The van der Waals surface area contributed by atoms with Crippen LogP contribution in [0.2, 0.25) is 0 Å². The maximum absolute atomic E-state index is 13.1. The number of rotatable bonds is 3. The summed E-state index contributed by atoms with van der Waals surface area (Å²) in [6.45, 7) is 1.89. The van der Waals surface area contributed by atoms with Gasteiger partial charge in [-0.3, -0.25) is 4.79 Å². The first-order valence-electron chi connectivity index (χ1n) is 8.38. The first kappa shape index (κ1) is 17.8. The van der Waals surface area contributed by atoms with Crippen LogP contribution in [-0.4, -0.2) is 19.4 Å². The van der Waals surface area contributed by atoms with Crippen molar-refractivity contribution in [1.82, 2.24) is 0 Å². The molecular weight excluding hydrogens is 382 g/mol. The zero-order chi connectivity index (χ0) is 19.2. The Bertz CT molecular complexity index is 1110. The number of sulfone groups is 1. The zero-order valence-electron chi connectivity index (χ0n) is 14.5. The molecule has 138 valence electrons. The number of benzene rings is 2. The zero-order valence-corrected chi connectivity index (χ0v) is 16.1. The smallest absolute Gasteiger partial charge is 0.225 e. The Morgan fingerprint density at radius 1 is 1.07 bits per heavy atom. The van der Waals surface area contributed by atoms with Crippen molar-refractivity contribution in [3.63, 3.8) is 0 Å². The van der Waals surface area contributed by atoms with Crippen LogP contribution < -0.4 is 5.32 Å². The molecule has 0 bridgehead atoms. The van der Waals surface area contributed by atoms with Crippen molar-refractivity contribution in [2.45, 2.75) is 29.1 Å². The highest BCUT2D eigenvalue weighted by atomic mass is 32.2. The molecule has 4 rings (SSSR count). The van der Waals surface area contributed by atoms with E-state index in [2.05, 4.69) is 5.32 Å². The molecule has 0 saturated heterocycles. The summed E-state index contributed by atoms with van der Waals surface area (Å²) in [7, 11) is -3.73. The van der Waals surface area contributed by atoms with E-state index in [-0.39, 0.29) is 33.8 Å². The Hall–Kier alpha value is -2.64. The van der Waals surface area contributed by atoms with Gasteiger partial charge >= 0.3 is 0 Å². The Kier molecular flexibility index (Phi) is 4.28. The number of hydrogen-bond acceptors (Lipinski definition) is 5. The second-order valence-corrected chi connectivity index (χ2v) is 9.38. The van der Waals surface area contributed by atoms with E-state index in [4.69, 9.17) is 0 Å². The highest BCUT2D eigenvalue weighted by Gasteiger charge is 2.34. The Morgan fingerprint density at radius 3 is 2.41 bits per heavy atom. The van der Waals surface area contributed by atoms with E-state index in [9.17, 15) is 18.3 Å². The molecule has 0 spiro atoms. The predicted molar refractivity (Wildman–Crippen MR) is 104 cm³/mol. The average molecular weight is 399 g/mol. The van der Waals surface area contributed by atoms with Crippen LogP contribution in [0, 0.1) is 6.92 Å². The third kappa shape index (κ3) is 3.13. The molecule has 27 heavy (non-hydrogen) atoms. The quantitative estimate of drug-likeness (QED) is 0.695. The lowest BCUT2D eigenvalue weighted by molar-refractivity contribution is -0.116. The van der Waals surface area contributed by atoms with E-state index in [0.29, 0.717) is 5.69 Å². The lowest BCUT2D eigenvalue weighted by atomic mass is 9.91. The van der Waals surface area contributed by atoms with Gasteiger partial charge < -0.3 is 10.4 Å². The first-order valence-corrected chi connectivity index (χ1v) is 10.7. The number of thiophene rings is 1. The summed E-state index contributed by atoms with van der Waals surface area (Å²) in [6.07, 6.45) is 0.238. The molecule has 0 fully saturated rings.